The summed E-state index contributed by atoms with van der Waals surface area (Å²) in [7, 11) is 0. The van der Waals surface area contributed by atoms with Crippen molar-refractivity contribution in [1.29, 1.82) is 0 Å². The van der Waals surface area contributed by atoms with Gasteiger partial charge >= 0.3 is 0 Å². The summed E-state index contributed by atoms with van der Waals surface area (Å²) in [6, 6.07) is 6.08. The van der Waals surface area contributed by atoms with E-state index in [2.05, 4.69) is 20.3 Å². The summed E-state index contributed by atoms with van der Waals surface area (Å²) in [4.78, 5) is 12.1. The van der Waals surface area contributed by atoms with E-state index in [0.717, 1.165) is 41.9 Å². The quantitative estimate of drug-likeness (QED) is 0.405. The first-order valence-corrected chi connectivity index (χ1v) is 7.32. The van der Waals surface area contributed by atoms with Crippen molar-refractivity contribution in [3.05, 3.63) is 29.6 Å². The molecule has 0 bridgehead atoms. The Balaban J connectivity index is 0.00000176. The number of benzene rings is 1. The summed E-state index contributed by atoms with van der Waals surface area (Å²) in [6.07, 6.45) is 2.47. The van der Waals surface area contributed by atoms with Gasteiger partial charge in [-0.3, -0.25) is 0 Å². The number of fused-ring (bicyclic) bond motifs is 1. The van der Waals surface area contributed by atoms with Crippen LogP contribution in [0, 0.1) is 6.92 Å². The summed E-state index contributed by atoms with van der Waals surface area (Å²) < 4.78 is 5.53. The van der Waals surface area contributed by atoms with Crippen LogP contribution in [0.25, 0.3) is 11.0 Å². The van der Waals surface area contributed by atoms with E-state index in [1.165, 1.54) is 0 Å². The van der Waals surface area contributed by atoms with Gasteiger partial charge in [0.1, 0.15) is 12.4 Å². The van der Waals surface area contributed by atoms with E-state index in [4.69, 9.17) is 10.5 Å². The van der Waals surface area contributed by atoms with E-state index < -0.39 is 0 Å². The first-order valence-electron chi connectivity index (χ1n) is 7.32. The van der Waals surface area contributed by atoms with Gasteiger partial charge in [-0.2, -0.15) is 0 Å². The molecule has 1 aromatic heterocycles. The highest BCUT2D eigenvalue weighted by atomic mass is 127. The third-order valence-electron chi connectivity index (χ3n) is 3.70. The molecule has 0 saturated carbocycles. The number of aromatic nitrogens is 2. The van der Waals surface area contributed by atoms with Gasteiger partial charge in [0.15, 0.2) is 5.96 Å². The van der Waals surface area contributed by atoms with Gasteiger partial charge in [-0.1, -0.05) is 12.1 Å². The van der Waals surface area contributed by atoms with Crippen molar-refractivity contribution in [3.63, 3.8) is 0 Å². The Morgan fingerprint density at radius 3 is 3.14 bits per heavy atom. The molecular weight excluding hydrogens is 393 g/mol. The maximum Gasteiger partial charge on any atom is 0.189 e. The van der Waals surface area contributed by atoms with Crippen LogP contribution in [0.3, 0.4) is 0 Å². The number of imidazole rings is 1. The van der Waals surface area contributed by atoms with E-state index >= 15 is 0 Å². The van der Waals surface area contributed by atoms with E-state index in [-0.39, 0.29) is 30.1 Å². The fraction of sp³-hybridized carbons (Fsp3) is 0.467. The zero-order chi connectivity index (χ0) is 14.7. The van der Waals surface area contributed by atoms with Gasteiger partial charge in [-0.05, 0) is 31.4 Å². The molecule has 1 aromatic carbocycles. The fourth-order valence-corrected chi connectivity index (χ4v) is 2.54. The molecule has 1 aliphatic heterocycles. The highest BCUT2D eigenvalue weighted by molar-refractivity contribution is 14.0. The Hall–Kier alpha value is -1.35. The zero-order valence-electron chi connectivity index (χ0n) is 12.6. The number of aliphatic imine (C=N–C) groups is 1. The molecule has 1 saturated heterocycles. The number of rotatable bonds is 4. The van der Waals surface area contributed by atoms with E-state index in [0.29, 0.717) is 19.0 Å². The molecule has 2 heterocycles. The van der Waals surface area contributed by atoms with Crippen LogP contribution < -0.4 is 11.1 Å². The van der Waals surface area contributed by atoms with E-state index in [9.17, 15) is 0 Å². The van der Waals surface area contributed by atoms with Crippen molar-refractivity contribution >= 4 is 41.0 Å². The SMILES string of the molecule is Cc1cccc2[nH]c(CN=C(N)NCC3CCCO3)nc12.I. The second-order valence-electron chi connectivity index (χ2n) is 5.37. The van der Waals surface area contributed by atoms with Gasteiger partial charge < -0.3 is 20.8 Å². The van der Waals surface area contributed by atoms with Crippen molar-refractivity contribution in [2.75, 3.05) is 13.2 Å². The third-order valence-corrected chi connectivity index (χ3v) is 3.70. The van der Waals surface area contributed by atoms with Crippen molar-refractivity contribution in [1.82, 2.24) is 15.3 Å². The molecule has 7 heteroatoms. The average Bonchev–Trinajstić information content (AvgIpc) is 3.12. The molecule has 0 amide bonds. The Morgan fingerprint density at radius 2 is 2.41 bits per heavy atom. The summed E-state index contributed by atoms with van der Waals surface area (Å²) in [5.41, 5.74) is 9.05. The number of ether oxygens (including phenoxy) is 1. The molecule has 22 heavy (non-hydrogen) atoms. The summed E-state index contributed by atoms with van der Waals surface area (Å²) in [5, 5.41) is 3.10. The van der Waals surface area contributed by atoms with Crippen molar-refractivity contribution in [3.8, 4) is 0 Å². The number of hydrogen-bond acceptors (Lipinski definition) is 3. The number of aryl methyl sites for hydroxylation is 1. The Morgan fingerprint density at radius 1 is 1.55 bits per heavy atom. The number of nitrogens with zero attached hydrogens (tertiary/aromatic N) is 2. The van der Waals surface area contributed by atoms with Crippen molar-refractivity contribution in [2.45, 2.75) is 32.4 Å². The highest BCUT2D eigenvalue weighted by Gasteiger charge is 2.14. The number of para-hydroxylation sites is 1. The molecule has 1 fully saturated rings. The average molecular weight is 415 g/mol. The second-order valence-corrected chi connectivity index (χ2v) is 5.37. The van der Waals surface area contributed by atoms with Crippen LogP contribution in [0.2, 0.25) is 0 Å². The topological polar surface area (TPSA) is 88.3 Å². The molecule has 4 N–H and O–H groups in total. The molecular formula is C15H22IN5O. The van der Waals surface area contributed by atoms with Gasteiger partial charge in [0.05, 0.1) is 17.1 Å². The van der Waals surface area contributed by atoms with Crippen LogP contribution in [0.15, 0.2) is 23.2 Å². The molecule has 6 nitrogen and oxygen atoms in total. The van der Waals surface area contributed by atoms with E-state index in [1.807, 2.05) is 25.1 Å². The van der Waals surface area contributed by atoms with Gasteiger partial charge in [-0.15, -0.1) is 24.0 Å². The highest BCUT2D eigenvalue weighted by Crippen LogP contribution is 2.15. The predicted molar refractivity (Wildman–Crippen MR) is 98.5 cm³/mol. The second kappa shape index (κ2) is 7.77. The molecule has 1 unspecified atom stereocenters. The number of guanidine groups is 1. The summed E-state index contributed by atoms with van der Waals surface area (Å²) in [5.74, 6) is 1.25. The minimum atomic E-state index is 0. The first kappa shape index (κ1) is 17.0. The van der Waals surface area contributed by atoms with E-state index in [1.54, 1.807) is 0 Å². The molecule has 2 aromatic rings. The van der Waals surface area contributed by atoms with Gasteiger partial charge in [0, 0.05) is 13.2 Å². The smallest absolute Gasteiger partial charge is 0.189 e. The largest absolute Gasteiger partial charge is 0.376 e. The maximum absolute atomic E-state index is 5.87. The first-order chi connectivity index (χ1) is 10.2. The molecule has 0 aliphatic carbocycles. The Bertz CT molecular complexity index is 648. The fourth-order valence-electron chi connectivity index (χ4n) is 2.54. The lowest BCUT2D eigenvalue weighted by Crippen LogP contribution is -2.37. The minimum absolute atomic E-state index is 0. The molecule has 0 spiro atoms. The number of nitrogens with one attached hydrogen (secondary N) is 2. The summed E-state index contributed by atoms with van der Waals surface area (Å²) >= 11 is 0. The Kier molecular flexibility index (Phi) is 6.01. The molecule has 1 aliphatic rings. The molecule has 120 valence electrons. The normalized spacial score (nSPS) is 18.4. The molecule has 3 rings (SSSR count). The van der Waals surface area contributed by atoms with Crippen LogP contribution in [0.1, 0.15) is 24.2 Å². The van der Waals surface area contributed by atoms with Crippen LogP contribution in [0.5, 0.6) is 0 Å². The lowest BCUT2D eigenvalue weighted by Gasteiger charge is -2.10. The zero-order valence-corrected chi connectivity index (χ0v) is 15.0. The third kappa shape index (κ3) is 4.10. The minimum Gasteiger partial charge on any atom is -0.376 e. The number of H-pyrrole nitrogens is 1. The number of aromatic amines is 1. The summed E-state index contributed by atoms with van der Waals surface area (Å²) in [6.45, 7) is 4.06. The Labute approximate surface area is 146 Å². The van der Waals surface area contributed by atoms with Gasteiger partial charge in [-0.25, -0.2) is 9.98 Å². The van der Waals surface area contributed by atoms with Gasteiger partial charge in [0.25, 0.3) is 0 Å². The standard InChI is InChI=1S/C15H21N5O.HI/c1-10-4-2-6-12-14(10)20-13(19-12)9-18-15(16)17-8-11-5-3-7-21-11;/h2,4,6,11H,3,5,7-9H2,1H3,(H,19,20)(H3,16,17,18);1H. The lowest BCUT2D eigenvalue weighted by atomic mass is 10.2. The lowest BCUT2D eigenvalue weighted by molar-refractivity contribution is 0.114. The van der Waals surface area contributed by atoms with Crippen molar-refractivity contribution < 1.29 is 4.74 Å². The van der Waals surface area contributed by atoms with Crippen molar-refractivity contribution in [2.24, 2.45) is 10.7 Å². The van der Waals surface area contributed by atoms with Crippen LogP contribution in [-0.2, 0) is 11.3 Å². The predicted octanol–water partition coefficient (Wildman–Crippen LogP) is 2.07. The maximum atomic E-state index is 5.87. The number of hydrogen-bond donors (Lipinski definition) is 3. The number of nitrogens with two attached hydrogens (primary N) is 1. The number of halogens is 1. The van der Waals surface area contributed by atoms with Crippen LogP contribution in [-0.4, -0.2) is 35.2 Å². The van der Waals surface area contributed by atoms with Crippen LogP contribution >= 0.6 is 24.0 Å². The molecule has 1 atom stereocenters. The monoisotopic (exact) mass is 415 g/mol. The molecule has 0 radical (unpaired) electrons. The van der Waals surface area contributed by atoms with Crippen LogP contribution in [0.4, 0.5) is 0 Å². The van der Waals surface area contributed by atoms with Gasteiger partial charge in [0.2, 0.25) is 0 Å².